The lowest BCUT2D eigenvalue weighted by Gasteiger charge is -2.26. The van der Waals surface area contributed by atoms with E-state index in [1.54, 1.807) is 55.5 Å². The second kappa shape index (κ2) is 23.9. The van der Waals surface area contributed by atoms with Gasteiger partial charge in [0.25, 0.3) is 11.8 Å². The van der Waals surface area contributed by atoms with Gasteiger partial charge in [-0.15, -0.1) is 0 Å². The maximum absolute atomic E-state index is 15.0. The van der Waals surface area contributed by atoms with Crippen molar-refractivity contribution < 1.29 is 47.4 Å². The number of ketones is 1. The van der Waals surface area contributed by atoms with Gasteiger partial charge in [-0.05, 0) is 85.9 Å². The molecule has 2 aromatic heterocycles. The van der Waals surface area contributed by atoms with E-state index in [0.717, 1.165) is 22.4 Å². The second-order valence-corrected chi connectivity index (χ2v) is 19.6. The van der Waals surface area contributed by atoms with Gasteiger partial charge in [0.05, 0.1) is 30.2 Å². The number of anilines is 3. The maximum Gasteiger partial charge on any atom is 0.410 e. The molecule has 4 atom stereocenters. The first-order valence-electron chi connectivity index (χ1n) is 25.4. The van der Waals surface area contributed by atoms with Crippen LogP contribution in [-0.4, -0.2) is 123 Å². The Kier molecular flexibility index (Phi) is 17.0. The number of benzene rings is 2. The van der Waals surface area contributed by atoms with Crippen LogP contribution in [0, 0.1) is 30.5 Å². The quantitative estimate of drug-likeness (QED) is 0.0396. The van der Waals surface area contributed by atoms with Gasteiger partial charge in [-0.25, -0.2) is 23.9 Å². The predicted octanol–water partition coefficient (Wildman–Crippen LogP) is 5.56. The summed E-state index contributed by atoms with van der Waals surface area (Å²) in [5.74, 6) is -1.60. The number of halogens is 1. The lowest BCUT2D eigenvalue weighted by Crippen LogP contribution is -2.45. The Hall–Kier alpha value is -8.04. The number of likely N-dealkylation sites (tertiary alicyclic amines) is 1. The number of Topliss-reactive ketones (excluding diaryl/α,β-unsaturated/α-hetero) is 1. The number of amides is 7. The topological polar surface area (TPSA) is 273 Å². The molecular formula is C53H63FN12O9. The number of aromatic nitrogens is 4. The van der Waals surface area contributed by atoms with Crippen molar-refractivity contribution in [2.75, 3.05) is 55.3 Å². The SMILES string of the molecule is CNc1cc(F)cc2c1Cc1nc(Oc3cnc(C)nc3)nc(N3C[C@H]4CCN(C(=O)OCc5ccc(NC(=O)[C@H](CCCNC(N)=O)CC(=O)[C@@H](NC(=O)CCCCCN6C(=O)C=CC6=O)C(C)C)cc5)[C@H]4C3)c1-2. The number of imide groups is 1. The zero-order chi connectivity index (χ0) is 53.3. The van der Waals surface area contributed by atoms with Crippen LogP contribution >= 0.6 is 0 Å². The summed E-state index contributed by atoms with van der Waals surface area (Å²) in [6.07, 6.45) is 8.46. The molecule has 75 heavy (non-hydrogen) atoms. The van der Waals surface area contributed by atoms with Crippen LogP contribution in [0.2, 0.25) is 0 Å². The number of urea groups is 1. The number of ether oxygens (including phenoxy) is 2. The fourth-order valence-corrected chi connectivity index (χ4v) is 10.2. The molecule has 0 saturated carbocycles. The minimum atomic E-state index is -0.853. The van der Waals surface area contributed by atoms with Crippen LogP contribution < -0.4 is 36.6 Å². The molecule has 4 aliphatic rings. The van der Waals surface area contributed by atoms with Crippen LogP contribution in [0.3, 0.4) is 0 Å². The lowest BCUT2D eigenvalue weighted by atomic mass is 9.89. The van der Waals surface area contributed by atoms with Crippen LogP contribution in [0.25, 0.3) is 11.1 Å². The smallest absolute Gasteiger partial charge is 0.410 e. The number of fused-ring (bicyclic) bond motifs is 4. The highest BCUT2D eigenvalue weighted by Gasteiger charge is 2.46. The second-order valence-electron chi connectivity index (χ2n) is 19.6. The first-order chi connectivity index (χ1) is 36.0. The first kappa shape index (κ1) is 53.3. The van der Waals surface area contributed by atoms with Crippen LogP contribution in [-0.2, 0) is 41.7 Å². The molecule has 0 radical (unpaired) electrons. The molecule has 0 spiro atoms. The van der Waals surface area contributed by atoms with Crippen molar-refractivity contribution in [3.63, 3.8) is 0 Å². The highest BCUT2D eigenvalue weighted by atomic mass is 19.1. The molecule has 3 aliphatic heterocycles. The number of nitrogens with zero attached hydrogens (tertiary/aromatic N) is 7. The van der Waals surface area contributed by atoms with E-state index in [4.69, 9.17) is 25.2 Å². The van der Waals surface area contributed by atoms with Crippen LogP contribution in [0.5, 0.6) is 11.8 Å². The molecule has 7 amide bonds. The Morgan fingerprint density at radius 1 is 0.947 bits per heavy atom. The van der Waals surface area contributed by atoms with E-state index < -0.39 is 35.8 Å². The Balaban J connectivity index is 0.858. The van der Waals surface area contributed by atoms with Gasteiger partial charge in [0, 0.05) is 100.0 Å². The minimum absolute atomic E-state index is 0.0334. The number of hydrogen-bond donors (Lipinski definition) is 5. The minimum Gasteiger partial charge on any atom is -0.445 e. The number of carbonyl (C=O) groups excluding carboxylic acids is 7. The summed E-state index contributed by atoms with van der Waals surface area (Å²) in [5, 5.41) is 11.4. The summed E-state index contributed by atoms with van der Waals surface area (Å²) in [6, 6.07) is 8.14. The van der Waals surface area contributed by atoms with Crippen LogP contribution in [0.1, 0.15) is 87.9 Å². The van der Waals surface area contributed by atoms with Crippen molar-refractivity contribution in [1.82, 2.24) is 40.4 Å². The number of unbranched alkanes of at least 4 members (excludes halogenated alkanes) is 2. The highest BCUT2D eigenvalue weighted by molar-refractivity contribution is 6.12. The van der Waals surface area contributed by atoms with E-state index in [1.807, 2.05) is 13.8 Å². The van der Waals surface area contributed by atoms with E-state index >= 15 is 4.39 Å². The lowest BCUT2D eigenvalue weighted by molar-refractivity contribution is -0.137. The predicted molar refractivity (Wildman–Crippen MR) is 274 cm³/mol. The molecule has 2 fully saturated rings. The summed E-state index contributed by atoms with van der Waals surface area (Å²) in [6.45, 7) is 7.36. The van der Waals surface area contributed by atoms with Gasteiger partial charge in [-0.2, -0.15) is 9.97 Å². The Bertz CT molecular complexity index is 2830. The molecule has 22 heteroatoms. The average molecular weight is 1030 g/mol. The summed E-state index contributed by atoms with van der Waals surface area (Å²) >= 11 is 0. The van der Waals surface area contributed by atoms with Crippen LogP contribution in [0.4, 0.5) is 31.2 Å². The van der Waals surface area contributed by atoms with E-state index in [9.17, 15) is 33.6 Å². The number of primary amides is 1. The van der Waals surface area contributed by atoms with Gasteiger partial charge in [0.1, 0.15) is 24.1 Å². The van der Waals surface area contributed by atoms with Crippen molar-refractivity contribution in [2.24, 2.45) is 23.5 Å². The zero-order valence-corrected chi connectivity index (χ0v) is 42.5. The maximum atomic E-state index is 15.0. The highest BCUT2D eigenvalue weighted by Crippen LogP contribution is 2.47. The van der Waals surface area contributed by atoms with Crippen molar-refractivity contribution in [1.29, 1.82) is 0 Å². The molecular weight excluding hydrogens is 968 g/mol. The largest absolute Gasteiger partial charge is 0.445 e. The Morgan fingerprint density at radius 2 is 1.69 bits per heavy atom. The molecule has 0 bridgehead atoms. The van der Waals surface area contributed by atoms with E-state index in [2.05, 4.69) is 36.1 Å². The van der Waals surface area contributed by atoms with Crippen LogP contribution in [0.15, 0.2) is 60.9 Å². The Labute approximate surface area is 433 Å². The van der Waals surface area contributed by atoms with Crippen molar-refractivity contribution >= 4 is 58.7 Å². The van der Waals surface area contributed by atoms with Gasteiger partial charge in [0.2, 0.25) is 11.8 Å². The molecule has 4 aromatic rings. The molecule has 1 aliphatic carbocycles. The van der Waals surface area contributed by atoms with Gasteiger partial charge in [-0.1, -0.05) is 32.4 Å². The third kappa shape index (κ3) is 13.0. The number of rotatable bonds is 23. The summed E-state index contributed by atoms with van der Waals surface area (Å²) < 4.78 is 27.0. The number of nitrogens with two attached hydrogens (primary N) is 1. The summed E-state index contributed by atoms with van der Waals surface area (Å²) in [4.78, 5) is 112. The molecule has 21 nitrogen and oxygen atoms in total. The van der Waals surface area contributed by atoms with Gasteiger partial charge < -0.3 is 46.3 Å². The number of hydrogen-bond acceptors (Lipinski definition) is 15. The molecule has 2 aromatic carbocycles. The zero-order valence-electron chi connectivity index (χ0n) is 42.5. The van der Waals surface area contributed by atoms with Gasteiger partial charge in [-0.3, -0.25) is 28.9 Å². The van der Waals surface area contributed by atoms with E-state index in [1.165, 1.54) is 24.3 Å². The summed E-state index contributed by atoms with van der Waals surface area (Å²) in [7, 11) is 1.75. The van der Waals surface area contributed by atoms with Crippen molar-refractivity contribution in [3.8, 4) is 22.9 Å². The standard InChI is InChI=1S/C53H63FN12O9/c1-30(2)48(62-44(68)10-6-5-7-19-66-45(69)15-16-46(66)70)43(67)21-33(9-8-18-57-51(55)72)50(71)60-36-13-11-32(12-14-36)29-74-53(73)65-20-17-34-27-64(28-42(34)65)49-47-39-22-35(54)23-40(56-4)38(39)24-41(47)61-52(63-49)75-37-25-58-31(3)59-26-37/h11-16,22-23,25-26,30,33-34,42,48,56H,5-10,17-21,24,27-29H2,1-4H3,(H,60,71)(H,62,68)(H3,55,57,72)/t33-,34-,42+,48+/m1/s1. The molecule has 0 unspecified atom stereocenters. The normalized spacial score (nSPS) is 17.1. The molecule has 5 heterocycles. The summed E-state index contributed by atoms with van der Waals surface area (Å²) in [5.41, 5.74) is 10.0. The molecule has 396 valence electrons. The molecule has 6 N–H and O–H groups in total. The molecule has 2 saturated heterocycles. The van der Waals surface area contributed by atoms with Gasteiger partial charge in [0.15, 0.2) is 11.5 Å². The van der Waals surface area contributed by atoms with E-state index in [0.29, 0.717) is 97.3 Å². The monoisotopic (exact) mass is 1030 g/mol. The fraction of sp³-hybridized carbons (Fsp3) is 0.453. The number of carbonyl (C=O) groups is 7. The third-order valence-corrected chi connectivity index (χ3v) is 14.0. The number of nitrogens with one attached hydrogen (secondary N) is 4. The molecule has 8 rings (SSSR count). The Morgan fingerprint density at radius 3 is 2.40 bits per heavy atom. The van der Waals surface area contributed by atoms with E-state index in [-0.39, 0.29) is 86.4 Å². The van der Waals surface area contributed by atoms with Crippen molar-refractivity contribution in [3.05, 3.63) is 89.4 Å². The average Bonchev–Trinajstić information content (AvgIpc) is 4.18. The first-order valence-corrected chi connectivity index (χ1v) is 25.4. The third-order valence-electron chi connectivity index (χ3n) is 14.0. The number of aryl methyl sites for hydroxylation is 1. The fourth-order valence-electron chi connectivity index (χ4n) is 10.2. The van der Waals surface area contributed by atoms with Gasteiger partial charge >= 0.3 is 18.1 Å². The van der Waals surface area contributed by atoms with Crippen molar-refractivity contribution in [2.45, 2.75) is 97.2 Å².